The summed E-state index contributed by atoms with van der Waals surface area (Å²) in [5.74, 6) is 0.636. The number of hydrogen-bond acceptors (Lipinski definition) is 3. The van der Waals surface area contributed by atoms with Gasteiger partial charge in [-0.05, 0) is 43.5 Å². The summed E-state index contributed by atoms with van der Waals surface area (Å²) in [5, 5.41) is 3.07. The van der Waals surface area contributed by atoms with Crippen LogP contribution in [-0.4, -0.2) is 55.8 Å². The lowest BCUT2D eigenvalue weighted by atomic mass is 10.0. The number of nitrogens with one attached hydrogen (secondary N) is 1. The summed E-state index contributed by atoms with van der Waals surface area (Å²) in [4.78, 5) is 28.2. The Morgan fingerprint density at radius 3 is 2.38 bits per heavy atom. The van der Waals surface area contributed by atoms with Gasteiger partial charge in [0.1, 0.15) is 0 Å². The van der Waals surface area contributed by atoms with Crippen LogP contribution in [0.1, 0.15) is 36.0 Å². The van der Waals surface area contributed by atoms with E-state index in [0.29, 0.717) is 31.0 Å². The number of alkyl halides is 1. The first-order valence-corrected chi connectivity index (χ1v) is 8.96. The Balaban J connectivity index is 1.80. The van der Waals surface area contributed by atoms with Crippen molar-refractivity contribution in [2.24, 2.45) is 0 Å². The standard InChI is InChI=1S/C18H26ClN3O2/c1-21(2)16-7-5-14(6-8-16)18(24)20-15-9-12-22(13-10-15)17(23)4-3-11-19/h5-8,15H,3-4,9-13H2,1-2H3,(H,20,24). The highest BCUT2D eigenvalue weighted by molar-refractivity contribution is 6.17. The number of piperidine rings is 1. The monoisotopic (exact) mass is 351 g/mol. The summed E-state index contributed by atoms with van der Waals surface area (Å²) >= 11 is 5.63. The molecule has 2 amide bonds. The largest absolute Gasteiger partial charge is 0.378 e. The smallest absolute Gasteiger partial charge is 0.251 e. The summed E-state index contributed by atoms with van der Waals surface area (Å²) in [6.07, 6.45) is 2.83. The third-order valence-corrected chi connectivity index (χ3v) is 4.62. The first kappa shape index (κ1) is 18.6. The minimum atomic E-state index is -0.0489. The second-order valence-corrected chi connectivity index (χ2v) is 6.74. The van der Waals surface area contributed by atoms with Crippen molar-refractivity contribution >= 4 is 29.1 Å². The van der Waals surface area contributed by atoms with Crippen molar-refractivity contribution in [3.8, 4) is 0 Å². The number of amides is 2. The molecule has 5 nitrogen and oxygen atoms in total. The molecule has 0 saturated carbocycles. The number of carbonyl (C=O) groups is 2. The quantitative estimate of drug-likeness (QED) is 0.801. The predicted molar refractivity (Wildman–Crippen MR) is 97.8 cm³/mol. The molecule has 1 aliphatic heterocycles. The average Bonchev–Trinajstić information content (AvgIpc) is 2.60. The van der Waals surface area contributed by atoms with Gasteiger partial charge in [-0.1, -0.05) is 0 Å². The normalized spacial score (nSPS) is 15.2. The van der Waals surface area contributed by atoms with Gasteiger partial charge in [-0.25, -0.2) is 0 Å². The van der Waals surface area contributed by atoms with Crippen LogP contribution < -0.4 is 10.2 Å². The van der Waals surface area contributed by atoms with Crippen molar-refractivity contribution in [3.05, 3.63) is 29.8 Å². The fourth-order valence-corrected chi connectivity index (χ4v) is 2.96. The highest BCUT2D eigenvalue weighted by atomic mass is 35.5. The Kier molecular flexibility index (Phi) is 6.91. The SMILES string of the molecule is CN(C)c1ccc(C(=O)NC2CCN(C(=O)CCCCl)CC2)cc1. The molecular formula is C18H26ClN3O2. The van der Waals surface area contributed by atoms with E-state index >= 15 is 0 Å². The molecule has 0 unspecified atom stereocenters. The first-order chi connectivity index (χ1) is 11.5. The molecule has 1 aromatic carbocycles. The predicted octanol–water partition coefficient (Wildman–Crippen LogP) is 2.49. The molecule has 6 heteroatoms. The topological polar surface area (TPSA) is 52.7 Å². The maximum atomic E-state index is 12.3. The van der Waals surface area contributed by atoms with E-state index in [2.05, 4.69) is 5.32 Å². The van der Waals surface area contributed by atoms with Crippen molar-refractivity contribution in [2.45, 2.75) is 31.7 Å². The first-order valence-electron chi connectivity index (χ1n) is 8.43. The van der Waals surface area contributed by atoms with Gasteiger partial charge in [-0.2, -0.15) is 0 Å². The van der Waals surface area contributed by atoms with Gasteiger partial charge in [0.25, 0.3) is 5.91 Å². The zero-order chi connectivity index (χ0) is 17.5. The zero-order valence-corrected chi connectivity index (χ0v) is 15.2. The van der Waals surface area contributed by atoms with E-state index in [1.54, 1.807) is 0 Å². The van der Waals surface area contributed by atoms with Crippen LogP contribution in [-0.2, 0) is 4.79 Å². The Bertz CT molecular complexity index is 552. The Hall–Kier alpha value is -1.75. The van der Waals surface area contributed by atoms with E-state index in [-0.39, 0.29) is 17.9 Å². The van der Waals surface area contributed by atoms with Crippen LogP contribution in [0.25, 0.3) is 0 Å². The Morgan fingerprint density at radius 1 is 1.21 bits per heavy atom. The van der Waals surface area contributed by atoms with Gasteiger partial charge in [-0.3, -0.25) is 9.59 Å². The maximum absolute atomic E-state index is 12.3. The highest BCUT2D eigenvalue weighted by Gasteiger charge is 2.23. The molecule has 0 aromatic heterocycles. The molecule has 0 aliphatic carbocycles. The van der Waals surface area contributed by atoms with E-state index in [4.69, 9.17) is 11.6 Å². The van der Waals surface area contributed by atoms with Crippen molar-refractivity contribution in [2.75, 3.05) is 38.0 Å². The molecular weight excluding hydrogens is 326 g/mol. The van der Waals surface area contributed by atoms with Crippen LogP contribution in [0.4, 0.5) is 5.69 Å². The number of halogens is 1. The molecule has 0 radical (unpaired) electrons. The lowest BCUT2D eigenvalue weighted by molar-refractivity contribution is -0.132. The number of likely N-dealkylation sites (tertiary alicyclic amines) is 1. The van der Waals surface area contributed by atoms with E-state index in [1.807, 2.05) is 48.2 Å². The van der Waals surface area contributed by atoms with Crippen LogP contribution in [0.2, 0.25) is 0 Å². The van der Waals surface area contributed by atoms with Gasteiger partial charge >= 0.3 is 0 Å². The molecule has 1 heterocycles. The molecule has 1 aromatic rings. The lowest BCUT2D eigenvalue weighted by Gasteiger charge is -2.32. The van der Waals surface area contributed by atoms with Crippen molar-refractivity contribution in [1.82, 2.24) is 10.2 Å². The van der Waals surface area contributed by atoms with Gasteiger partial charge < -0.3 is 15.1 Å². The summed E-state index contributed by atoms with van der Waals surface area (Å²) in [7, 11) is 3.94. The van der Waals surface area contributed by atoms with Gasteiger partial charge in [0.05, 0.1) is 0 Å². The number of carbonyl (C=O) groups excluding carboxylic acids is 2. The fourth-order valence-electron chi connectivity index (χ4n) is 2.83. The molecule has 0 spiro atoms. The Morgan fingerprint density at radius 2 is 1.83 bits per heavy atom. The van der Waals surface area contributed by atoms with Gasteiger partial charge in [-0.15, -0.1) is 11.6 Å². The summed E-state index contributed by atoms with van der Waals surface area (Å²) < 4.78 is 0. The summed E-state index contributed by atoms with van der Waals surface area (Å²) in [5.41, 5.74) is 1.73. The summed E-state index contributed by atoms with van der Waals surface area (Å²) in [6.45, 7) is 1.40. The van der Waals surface area contributed by atoms with Gasteiger partial charge in [0.2, 0.25) is 5.91 Å². The molecule has 0 bridgehead atoms. The number of rotatable bonds is 6. The van der Waals surface area contributed by atoms with Crippen molar-refractivity contribution in [3.63, 3.8) is 0 Å². The molecule has 1 saturated heterocycles. The number of hydrogen-bond donors (Lipinski definition) is 1. The second-order valence-electron chi connectivity index (χ2n) is 6.36. The van der Waals surface area contributed by atoms with E-state index in [0.717, 1.165) is 24.9 Å². The lowest BCUT2D eigenvalue weighted by Crippen LogP contribution is -2.46. The second kappa shape index (κ2) is 8.92. The van der Waals surface area contributed by atoms with Crippen molar-refractivity contribution < 1.29 is 9.59 Å². The third-order valence-electron chi connectivity index (χ3n) is 4.35. The number of benzene rings is 1. The zero-order valence-electron chi connectivity index (χ0n) is 14.4. The maximum Gasteiger partial charge on any atom is 0.251 e. The molecule has 2 rings (SSSR count). The number of anilines is 1. The molecule has 1 fully saturated rings. The van der Waals surface area contributed by atoms with Crippen LogP contribution in [0.15, 0.2) is 24.3 Å². The summed E-state index contributed by atoms with van der Waals surface area (Å²) in [6, 6.07) is 7.69. The minimum absolute atomic E-state index is 0.0489. The van der Waals surface area contributed by atoms with Gasteiger partial charge in [0, 0.05) is 56.8 Å². The van der Waals surface area contributed by atoms with E-state index in [1.165, 1.54) is 0 Å². The molecule has 1 N–H and O–H groups in total. The minimum Gasteiger partial charge on any atom is -0.378 e. The van der Waals surface area contributed by atoms with Crippen LogP contribution in [0.5, 0.6) is 0 Å². The average molecular weight is 352 g/mol. The van der Waals surface area contributed by atoms with E-state index < -0.39 is 0 Å². The molecule has 132 valence electrons. The van der Waals surface area contributed by atoms with Crippen LogP contribution >= 0.6 is 11.6 Å². The third kappa shape index (κ3) is 5.13. The highest BCUT2D eigenvalue weighted by Crippen LogP contribution is 2.15. The molecule has 24 heavy (non-hydrogen) atoms. The van der Waals surface area contributed by atoms with Crippen LogP contribution in [0.3, 0.4) is 0 Å². The Labute approximate surface area is 149 Å². The van der Waals surface area contributed by atoms with Crippen molar-refractivity contribution in [1.29, 1.82) is 0 Å². The van der Waals surface area contributed by atoms with E-state index in [9.17, 15) is 9.59 Å². The van der Waals surface area contributed by atoms with Crippen LogP contribution in [0, 0.1) is 0 Å². The van der Waals surface area contributed by atoms with Gasteiger partial charge in [0.15, 0.2) is 0 Å². The molecule has 0 atom stereocenters. The molecule has 1 aliphatic rings. The number of nitrogens with zero attached hydrogens (tertiary/aromatic N) is 2. The fraction of sp³-hybridized carbons (Fsp3) is 0.556.